The van der Waals surface area contributed by atoms with Crippen molar-refractivity contribution in [1.82, 2.24) is 0 Å². The van der Waals surface area contributed by atoms with Gasteiger partial charge in [0.1, 0.15) is 0 Å². The Balaban J connectivity index is 2.98. The summed E-state index contributed by atoms with van der Waals surface area (Å²) in [7, 11) is 0. The molecule has 1 rings (SSSR count). The van der Waals surface area contributed by atoms with Crippen molar-refractivity contribution in [3.05, 3.63) is 29.3 Å². The van der Waals surface area contributed by atoms with Gasteiger partial charge in [-0.05, 0) is 38.0 Å². The number of aliphatic hydroxyl groups excluding tert-OH is 1. The lowest BCUT2D eigenvalue weighted by molar-refractivity contribution is 0.0405. The normalized spacial score (nSPS) is 12.2. The van der Waals surface area contributed by atoms with Gasteiger partial charge in [-0.15, -0.1) is 0 Å². The van der Waals surface area contributed by atoms with E-state index in [1.807, 2.05) is 13.0 Å². The second-order valence-electron chi connectivity index (χ2n) is 3.98. The first kappa shape index (κ1) is 12.5. The fourth-order valence-corrected chi connectivity index (χ4v) is 1.89. The fraction of sp³-hybridized carbons (Fsp3) is 0.455. The van der Waals surface area contributed by atoms with Gasteiger partial charge < -0.3 is 15.3 Å². The van der Waals surface area contributed by atoms with E-state index < -0.39 is 11.2 Å². The van der Waals surface area contributed by atoms with E-state index in [9.17, 15) is 5.11 Å². The summed E-state index contributed by atoms with van der Waals surface area (Å²) in [6.07, 6.45) is 0. The molecule has 0 aliphatic heterocycles. The van der Waals surface area contributed by atoms with Crippen molar-refractivity contribution in [2.75, 3.05) is 0 Å². The Hall–Kier alpha value is -0.550. The Morgan fingerprint density at radius 3 is 2.27 bits per heavy atom. The zero-order valence-corrected chi connectivity index (χ0v) is 9.88. The summed E-state index contributed by atoms with van der Waals surface area (Å²) in [6, 6.07) is 5.43. The van der Waals surface area contributed by atoms with Crippen LogP contribution in [0.4, 0.5) is 0 Å². The number of hydrogen-bond acceptors (Lipinski definition) is 4. The summed E-state index contributed by atoms with van der Waals surface area (Å²) in [5, 5.41) is 27.4. The van der Waals surface area contributed by atoms with Gasteiger partial charge in [-0.1, -0.05) is 23.9 Å². The summed E-state index contributed by atoms with van der Waals surface area (Å²) >= 11 is 0.974. The zero-order valence-electron chi connectivity index (χ0n) is 9.06. The van der Waals surface area contributed by atoms with Crippen LogP contribution in [0.2, 0.25) is 0 Å². The number of rotatable bonds is 3. The van der Waals surface area contributed by atoms with E-state index in [-0.39, 0.29) is 0 Å². The van der Waals surface area contributed by atoms with Crippen molar-refractivity contribution in [3.63, 3.8) is 0 Å². The van der Waals surface area contributed by atoms with Crippen LogP contribution in [0.15, 0.2) is 23.1 Å². The number of aryl methyl sites for hydroxylation is 1. The van der Waals surface area contributed by atoms with Crippen molar-refractivity contribution in [2.45, 2.75) is 36.9 Å². The maximum absolute atomic E-state index is 9.78. The summed E-state index contributed by atoms with van der Waals surface area (Å²) in [5.74, 6) is 0. The smallest absolute Gasteiger partial charge is 0.206 e. The predicted molar refractivity (Wildman–Crippen MR) is 60.5 cm³/mol. The number of thioether (sulfide) groups is 1. The molecule has 0 heterocycles. The van der Waals surface area contributed by atoms with E-state index in [1.54, 1.807) is 26.0 Å². The Kier molecular flexibility index (Phi) is 3.78. The Morgan fingerprint density at radius 1 is 1.27 bits per heavy atom. The van der Waals surface area contributed by atoms with Crippen molar-refractivity contribution in [2.24, 2.45) is 0 Å². The average molecular weight is 228 g/mol. The predicted octanol–water partition coefficient (Wildman–Crippen LogP) is 1.58. The van der Waals surface area contributed by atoms with Crippen LogP contribution in [0.5, 0.6) is 0 Å². The molecule has 1 aromatic carbocycles. The minimum atomic E-state index is -1.41. The Labute approximate surface area is 93.8 Å². The highest BCUT2D eigenvalue weighted by Crippen LogP contribution is 2.28. The van der Waals surface area contributed by atoms with Crippen LogP contribution < -0.4 is 0 Å². The molecule has 1 aromatic rings. The minimum Gasteiger partial charge on any atom is -0.386 e. The molecule has 4 heteroatoms. The van der Waals surface area contributed by atoms with Crippen LogP contribution >= 0.6 is 11.8 Å². The minimum absolute atomic E-state index is 0.804. The molecule has 3 nitrogen and oxygen atoms in total. The largest absolute Gasteiger partial charge is 0.386 e. The van der Waals surface area contributed by atoms with Gasteiger partial charge in [0, 0.05) is 4.90 Å². The highest BCUT2D eigenvalue weighted by molar-refractivity contribution is 7.99. The van der Waals surface area contributed by atoms with Gasteiger partial charge in [0.15, 0.2) is 0 Å². The first-order chi connectivity index (χ1) is 6.80. The van der Waals surface area contributed by atoms with Crippen molar-refractivity contribution >= 4 is 11.8 Å². The molecule has 0 amide bonds. The molecule has 0 atom stereocenters. The second kappa shape index (κ2) is 4.53. The molecule has 0 spiro atoms. The van der Waals surface area contributed by atoms with Gasteiger partial charge in [0.25, 0.3) is 0 Å². The van der Waals surface area contributed by atoms with Crippen LogP contribution in [0.25, 0.3) is 0 Å². The highest BCUT2D eigenvalue weighted by Gasteiger charge is 2.16. The van der Waals surface area contributed by atoms with Crippen molar-refractivity contribution in [3.8, 4) is 0 Å². The van der Waals surface area contributed by atoms with Crippen LogP contribution in [0, 0.1) is 6.92 Å². The molecule has 0 bridgehead atoms. The molecule has 84 valence electrons. The Bertz CT molecular complexity index is 342. The van der Waals surface area contributed by atoms with Gasteiger partial charge in [0.05, 0.1) is 5.60 Å². The maximum Gasteiger partial charge on any atom is 0.206 e. The summed E-state index contributed by atoms with van der Waals surface area (Å²) < 4.78 is 0. The van der Waals surface area contributed by atoms with Gasteiger partial charge in [0.2, 0.25) is 5.62 Å². The zero-order chi connectivity index (χ0) is 11.6. The first-order valence-corrected chi connectivity index (χ1v) is 5.55. The van der Waals surface area contributed by atoms with E-state index in [4.69, 9.17) is 10.2 Å². The highest BCUT2D eigenvalue weighted by atomic mass is 32.2. The van der Waals surface area contributed by atoms with E-state index in [1.165, 1.54) is 0 Å². The molecule has 3 N–H and O–H groups in total. The second-order valence-corrected chi connectivity index (χ2v) is 5.08. The fourth-order valence-electron chi connectivity index (χ4n) is 1.28. The van der Waals surface area contributed by atoms with Gasteiger partial charge in [-0.3, -0.25) is 0 Å². The first-order valence-electron chi connectivity index (χ1n) is 4.67. The molecule has 0 aliphatic carbocycles. The monoisotopic (exact) mass is 228 g/mol. The summed E-state index contributed by atoms with van der Waals surface area (Å²) in [4.78, 5) is 0.804. The molecule has 0 radical (unpaired) electrons. The van der Waals surface area contributed by atoms with E-state index in [2.05, 4.69) is 0 Å². The third-order valence-electron chi connectivity index (χ3n) is 2.11. The maximum atomic E-state index is 9.78. The molecule has 0 saturated heterocycles. The van der Waals surface area contributed by atoms with Crippen LogP contribution in [-0.4, -0.2) is 20.9 Å². The Morgan fingerprint density at radius 2 is 1.87 bits per heavy atom. The van der Waals surface area contributed by atoms with E-state index >= 15 is 0 Å². The molecule has 0 aromatic heterocycles. The van der Waals surface area contributed by atoms with Crippen molar-refractivity contribution < 1.29 is 15.3 Å². The van der Waals surface area contributed by atoms with E-state index in [0.717, 1.165) is 27.8 Å². The van der Waals surface area contributed by atoms with Gasteiger partial charge in [-0.2, -0.15) is 0 Å². The van der Waals surface area contributed by atoms with Gasteiger partial charge >= 0.3 is 0 Å². The number of benzene rings is 1. The standard InChI is InChI=1S/C11H16O3S/c1-7-6-8(11(2,3)14)4-5-9(7)15-10(12)13/h4-6,10,12-14H,1-3H3. The van der Waals surface area contributed by atoms with E-state index in [0.29, 0.717) is 0 Å². The quantitative estimate of drug-likeness (QED) is 0.543. The lowest BCUT2D eigenvalue weighted by Crippen LogP contribution is -2.15. The molecule has 0 saturated carbocycles. The van der Waals surface area contributed by atoms with Crippen LogP contribution in [0.1, 0.15) is 25.0 Å². The molecule has 0 fully saturated rings. The van der Waals surface area contributed by atoms with Crippen molar-refractivity contribution in [1.29, 1.82) is 0 Å². The molecular weight excluding hydrogens is 212 g/mol. The van der Waals surface area contributed by atoms with Crippen LogP contribution in [-0.2, 0) is 5.60 Å². The molecule has 0 unspecified atom stereocenters. The summed E-state index contributed by atoms with van der Waals surface area (Å²) in [5.41, 5.74) is -0.535. The molecule has 15 heavy (non-hydrogen) atoms. The third-order valence-corrected chi connectivity index (χ3v) is 3.04. The van der Waals surface area contributed by atoms with Gasteiger partial charge in [-0.25, -0.2) is 0 Å². The van der Waals surface area contributed by atoms with Crippen LogP contribution in [0.3, 0.4) is 0 Å². The number of aliphatic hydroxyl groups is 3. The average Bonchev–Trinajstić information content (AvgIpc) is 2.05. The number of hydrogen-bond donors (Lipinski definition) is 3. The molecular formula is C11H16O3S. The third kappa shape index (κ3) is 3.50. The SMILES string of the molecule is Cc1cc(C(C)(C)O)ccc1SC(O)O. The lowest BCUT2D eigenvalue weighted by Gasteiger charge is -2.19. The summed E-state index contributed by atoms with van der Waals surface area (Å²) in [6.45, 7) is 5.31. The topological polar surface area (TPSA) is 60.7 Å². The lowest BCUT2D eigenvalue weighted by atomic mass is 9.97. The molecule has 0 aliphatic rings.